The minimum absolute atomic E-state index is 0.202. The molecule has 0 unspecified atom stereocenters. The second kappa shape index (κ2) is 9.87. The summed E-state index contributed by atoms with van der Waals surface area (Å²) in [6.07, 6.45) is 0. The van der Waals surface area contributed by atoms with Crippen molar-refractivity contribution in [3.8, 4) is 0 Å². The van der Waals surface area contributed by atoms with Crippen LogP contribution in [-0.2, 0) is 28.7 Å². The van der Waals surface area contributed by atoms with Crippen LogP contribution in [0.4, 0.5) is 10.5 Å². The van der Waals surface area contributed by atoms with Gasteiger partial charge in [0, 0.05) is 10.7 Å². The Bertz CT molecular complexity index is 792. The second-order valence-electron chi connectivity index (χ2n) is 4.75. The number of rotatable bonds is 7. The number of anilines is 1. The summed E-state index contributed by atoms with van der Waals surface area (Å²) in [6, 6.07) is 4.54. The third-order valence-corrected chi connectivity index (χ3v) is 3.23. The summed E-state index contributed by atoms with van der Waals surface area (Å²) in [4.78, 5) is 59.3. The Morgan fingerprint density at radius 1 is 1.07 bits per heavy atom. The number of hydrogen-bond acceptors (Lipinski definition) is 8. The predicted octanol–water partition coefficient (Wildman–Crippen LogP) is -0.166. The van der Waals surface area contributed by atoms with Crippen LogP contribution in [0.5, 0.6) is 0 Å². The molecular weight excluding hydrogens is 384 g/mol. The van der Waals surface area contributed by atoms with E-state index >= 15 is 0 Å². The standard InChI is InChI=1S/C15H15ClN4O7/c1-26-13(23)9(10(14(24)27-2)19-20-15(17)25)11(21)12(22)18-8-5-3-7(16)4-6-8/h3-6,9H,1-2H3,(H,18,22)(H3,17,20,25)/b19-10+/t9-/m0/s1. The molecule has 0 bridgehead atoms. The summed E-state index contributed by atoms with van der Waals surface area (Å²) in [7, 11) is 1.87. The SMILES string of the molecule is COC(=O)/C(=N/NC(N)=O)[C@H](C(=O)OC)C(=O)C(=O)Nc1ccc(Cl)cc1. The number of ether oxygens (including phenoxy) is 2. The maximum absolute atomic E-state index is 12.4. The molecule has 0 radical (unpaired) electrons. The van der Waals surface area contributed by atoms with Gasteiger partial charge in [-0.15, -0.1) is 0 Å². The van der Waals surface area contributed by atoms with Gasteiger partial charge < -0.3 is 20.5 Å². The van der Waals surface area contributed by atoms with Gasteiger partial charge in [0.2, 0.25) is 5.78 Å². The number of methoxy groups -OCH3 is 2. The monoisotopic (exact) mass is 398 g/mol. The average Bonchev–Trinajstić information content (AvgIpc) is 2.64. The fourth-order valence-corrected chi connectivity index (χ4v) is 1.89. The third kappa shape index (κ3) is 6.08. The number of carbonyl (C=O) groups is 5. The average molecular weight is 399 g/mol. The first-order chi connectivity index (χ1) is 12.7. The molecular formula is C15H15ClN4O7. The van der Waals surface area contributed by atoms with Crippen molar-refractivity contribution in [1.29, 1.82) is 0 Å². The van der Waals surface area contributed by atoms with Crippen LogP contribution in [0.25, 0.3) is 0 Å². The maximum Gasteiger partial charge on any atom is 0.355 e. The minimum Gasteiger partial charge on any atom is -0.468 e. The zero-order chi connectivity index (χ0) is 20.6. The summed E-state index contributed by atoms with van der Waals surface area (Å²) in [6.45, 7) is 0. The molecule has 0 aromatic heterocycles. The molecule has 1 aromatic carbocycles. The Balaban J connectivity index is 3.20. The molecule has 4 N–H and O–H groups in total. The van der Waals surface area contributed by atoms with Gasteiger partial charge in [-0.1, -0.05) is 11.6 Å². The molecule has 0 saturated heterocycles. The molecule has 12 heteroatoms. The highest BCUT2D eigenvalue weighted by atomic mass is 35.5. The van der Waals surface area contributed by atoms with Gasteiger partial charge in [0.25, 0.3) is 5.91 Å². The Kier molecular flexibility index (Phi) is 7.89. The van der Waals surface area contributed by atoms with Gasteiger partial charge in [0.05, 0.1) is 14.2 Å². The van der Waals surface area contributed by atoms with Gasteiger partial charge in [0.15, 0.2) is 11.6 Å². The molecule has 0 heterocycles. The largest absolute Gasteiger partial charge is 0.468 e. The van der Waals surface area contributed by atoms with Gasteiger partial charge >= 0.3 is 18.0 Å². The van der Waals surface area contributed by atoms with E-state index in [9.17, 15) is 24.0 Å². The molecule has 0 aliphatic rings. The smallest absolute Gasteiger partial charge is 0.355 e. The molecule has 0 saturated carbocycles. The van der Waals surface area contributed by atoms with Gasteiger partial charge in [-0.05, 0) is 24.3 Å². The summed E-state index contributed by atoms with van der Waals surface area (Å²) in [5.41, 5.74) is 5.84. The molecule has 0 aliphatic heterocycles. The number of ketones is 1. The number of halogens is 1. The molecule has 0 fully saturated rings. The van der Waals surface area contributed by atoms with Gasteiger partial charge in [-0.25, -0.2) is 15.0 Å². The van der Waals surface area contributed by atoms with E-state index < -0.39 is 41.3 Å². The van der Waals surface area contributed by atoms with Crippen molar-refractivity contribution < 1.29 is 33.4 Å². The van der Waals surface area contributed by atoms with Crippen LogP contribution in [0, 0.1) is 5.92 Å². The van der Waals surface area contributed by atoms with Crippen molar-refractivity contribution in [1.82, 2.24) is 5.43 Å². The van der Waals surface area contributed by atoms with E-state index in [0.717, 1.165) is 14.2 Å². The molecule has 1 rings (SSSR count). The maximum atomic E-state index is 12.4. The van der Waals surface area contributed by atoms with Gasteiger partial charge in [-0.3, -0.25) is 14.4 Å². The Morgan fingerprint density at radius 3 is 2.15 bits per heavy atom. The highest BCUT2D eigenvalue weighted by Gasteiger charge is 2.41. The number of hydrogen-bond donors (Lipinski definition) is 3. The number of benzene rings is 1. The van der Waals surface area contributed by atoms with Crippen LogP contribution in [0.2, 0.25) is 5.02 Å². The van der Waals surface area contributed by atoms with E-state index in [1.165, 1.54) is 24.3 Å². The topological polar surface area (TPSA) is 166 Å². The first-order valence-corrected chi connectivity index (χ1v) is 7.49. The molecule has 1 aromatic rings. The van der Waals surface area contributed by atoms with Crippen LogP contribution in [0.15, 0.2) is 29.4 Å². The number of hydrazone groups is 1. The molecule has 27 heavy (non-hydrogen) atoms. The Morgan fingerprint density at radius 2 is 1.67 bits per heavy atom. The van der Waals surface area contributed by atoms with E-state index in [0.29, 0.717) is 5.02 Å². The van der Waals surface area contributed by atoms with Crippen LogP contribution in [0.3, 0.4) is 0 Å². The Labute approximate surface area is 157 Å². The highest BCUT2D eigenvalue weighted by molar-refractivity contribution is 6.55. The lowest BCUT2D eigenvalue weighted by molar-refractivity contribution is -0.150. The van der Waals surface area contributed by atoms with Crippen molar-refractivity contribution in [3.05, 3.63) is 29.3 Å². The number of esters is 2. The molecule has 0 spiro atoms. The number of nitrogens with zero attached hydrogens (tertiary/aromatic N) is 1. The van der Waals surface area contributed by atoms with Crippen molar-refractivity contribution >= 4 is 52.7 Å². The van der Waals surface area contributed by atoms with Crippen molar-refractivity contribution in [2.45, 2.75) is 0 Å². The lowest BCUT2D eigenvalue weighted by atomic mass is 9.97. The zero-order valence-corrected chi connectivity index (χ0v) is 14.9. The predicted molar refractivity (Wildman–Crippen MR) is 92.8 cm³/mol. The van der Waals surface area contributed by atoms with E-state index in [1.54, 1.807) is 5.43 Å². The number of carbonyl (C=O) groups excluding carboxylic acids is 5. The zero-order valence-electron chi connectivity index (χ0n) is 14.1. The summed E-state index contributed by atoms with van der Waals surface area (Å²) >= 11 is 5.72. The summed E-state index contributed by atoms with van der Waals surface area (Å²) < 4.78 is 8.86. The molecule has 3 amide bonds. The van der Waals surface area contributed by atoms with Crippen molar-refractivity contribution in [3.63, 3.8) is 0 Å². The van der Waals surface area contributed by atoms with E-state index in [-0.39, 0.29) is 5.69 Å². The summed E-state index contributed by atoms with van der Waals surface area (Å²) in [5, 5.41) is 5.91. The van der Waals surface area contributed by atoms with Crippen LogP contribution >= 0.6 is 11.6 Å². The number of primary amides is 1. The molecule has 0 aliphatic carbocycles. The fraction of sp³-hybridized carbons (Fsp3) is 0.200. The lowest BCUT2D eigenvalue weighted by Gasteiger charge is -2.14. The normalized spacial score (nSPS) is 11.7. The summed E-state index contributed by atoms with van der Waals surface area (Å²) in [5.74, 6) is -7.26. The molecule has 1 atom stereocenters. The van der Waals surface area contributed by atoms with E-state index in [1.807, 2.05) is 0 Å². The Hall–Kier alpha value is -3.47. The van der Waals surface area contributed by atoms with Gasteiger partial charge in [-0.2, -0.15) is 5.10 Å². The van der Waals surface area contributed by atoms with Crippen molar-refractivity contribution in [2.24, 2.45) is 16.8 Å². The quantitative estimate of drug-likeness (QED) is 0.188. The fourth-order valence-electron chi connectivity index (χ4n) is 1.77. The highest BCUT2D eigenvalue weighted by Crippen LogP contribution is 2.15. The number of nitrogens with two attached hydrogens (primary N) is 1. The molecule has 11 nitrogen and oxygen atoms in total. The second-order valence-corrected chi connectivity index (χ2v) is 5.18. The lowest BCUT2D eigenvalue weighted by Crippen LogP contribution is -2.44. The number of nitrogens with one attached hydrogen (secondary N) is 2. The van der Waals surface area contributed by atoms with E-state index in [2.05, 4.69) is 19.9 Å². The number of amides is 3. The third-order valence-electron chi connectivity index (χ3n) is 2.98. The molecule has 144 valence electrons. The van der Waals surface area contributed by atoms with Gasteiger partial charge in [0.1, 0.15) is 0 Å². The number of Topliss-reactive ketones (excluding diaryl/α,β-unsaturated/α-hetero) is 1. The first kappa shape index (κ1) is 21.6. The van der Waals surface area contributed by atoms with Crippen LogP contribution < -0.4 is 16.5 Å². The van der Waals surface area contributed by atoms with Crippen LogP contribution in [0.1, 0.15) is 0 Å². The first-order valence-electron chi connectivity index (χ1n) is 7.11. The number of urea groups is 1. The van der Waals surface area contributed by atoms with Crippen LogP contribution in [-0.4, -0.2) is 49.6 Å². The van der Waals surface area contributed by atoms with E-state index in [4.69, 9.17) is 17.3 Å². The van der Waals surface area contributed by atoms with Crippen molar-refractivity contribution in [2.75, 3.05) is 19.5 Å². The minimum atomic E-state index is -2.10.